The summed E-state index contributed by atoms with van der Waals surface area (Å²) in [5, 5.41) is 22.4. The van der Waals surface area contributed by atoms with Crippen molar-refractivity contribution in [2.24, 2.45) is 29.4 Å². The number of nitrogens with zero attached hydrogens (tertiary/aromatic N) is 2. The highest BCUT2D eigenvalue weighted by Crippen LogP contribution is 2.51. The van der Waals surface area contributed by atoms with Crippen molar-refractivity contribution in [2.45, 2.75) is 38.0 Å². The maximum absolute atomic E-state index is 15.7. The first-order valence-electron chi connectivity index (χ1n) is 11.7. The van der Waals surface area contributed by atoms with Gasteiger partial charge in [0.25, 0.3) is 0 Å². The van der Waals surface area contributed by atoms with Gasteiger partial charge in [-0.25, -0.2) is 4.39 Å². The molecule has 6 atom stereocenters. The summed E-state index contributed by atoms with van der Waals surface area (Å²) in [4.78, 5) is 68.7. The molecule has 2 fully saturated rings. The fourth-order valence-electron chi connectivity index (χ4n) is 6.37. The number of ketones is 4. The molecule has 3 aliphatic carbocycles. The van der Waals surface area contributed by atoms with Crippen molar-refractivity contribution >= 4 is 29.0 Å². The highest BCUT2D eigenvalue weighted by Gasteiger charge is 2.69. The normalized spacial score (nSPS) is 32.0. The minimum absolute atomic E-state index is 0.0238. The lowest BCUT2D eigenvalue weighted by Gasteiger charge is -2.52. The Labute approximate surface area is 207 Å². The topological polar surface area (TPSA) is 158 Å². The number of primary amides is 1. The Bertz CT molecular complexity index is 1230. The van der Waals surface area contributed by atoms with Crippen LogP contribution in [-0.2, 0) is 32.1 Å². The third-order valence-electron chi connectivity index (χ3n) is 8.00. The number of aliphatic hydroxyl groups is 1. The summed E-state index contributed by atoms with van der Waals surface area (Å²) in [5.41, 5.74) is 2.52. The Morgan fingerprint density at radius 1 is 1.14 bits per heavy atom. The van der Waals surface area contributed by atoms with Crippen LogP contribution in [0.5, 0.6) is 5.75 Å². The van der Waals surface area contributed by atoms with Gasteiger partial charge in [0.1, 0.15) is 11.6 Å². The number of phenolic OH excluding ortho intramolecular Hbond substituents is 1. The predicted molar refractivity (Wildman–Crippen MR) is 123 cm³/mol. The molecule has 4 N–H and O–H groups in total. The summed E-state index contributed by atoms with van der Waals surface area (Å²) in [6, 6.07) is -1.20. The number of phenols is 1. The minimum atomic E-state index is -2.80. The third kappa shape index (κ3) is 3.36. The molecule has 1 amide bonds. The van der Waals surface area contributed by atoms with E-state index >= 15 is 4.39 Å². The van der Waals surface area contributed by atoms with Gasteiger partial charge in [-0.15, -0.1) is 0 Å². The van der Waals surface area contributed by atoms with Crippen molar-refractivity contribution < 1.29 is 38.6 Å². The number of halogens is 1. The molecule has 3 aliphatic rings. The Balaban J connectivity index is 1.89. The van der Waals surface area contributed by atoms with Gasteiger partial charge in [0.2, 0.25) is 5.91 Å². The van der Waals surface area contributed by atoms with E-state index in [0.29, 0.717) is 0 Å². The molecule has 0 bridgehead atoms. The highest BCUT2D eigenvalue weighted by molar-refractivity contribution is 6.32. The Kier molecular flexibility index (Phi) is 6.17. The van der Waals surface area contributed by atoms with Crippen molar-refractivity contribution in [2.75, 3.05) is 28.2 Å². The van der Waals surface area contributed by atoms with Crippen molar-refractivity contribution in [1.82, 2.24) is 9.80 Å². The maximum Gasteiger partial charge on any atom is 0.235 e. The molecule has 1 aromatic carbocycles. The van der Waals surface area contributed by atoms with Gasteiger partial charge >= 0.3 is 0 Å². The first-order valence-corrected chi connectivity index (χ1v) is 11.7. The van der Waals surface area contributed by atoms with E-state index in [2.05, 4.69) is 0 Å². The average Bonchev–Trinajstić information content (AvgIpc) is 2.76. The summed E-state index contributed by atoms with van der Waals surface area (Å²) >= 11 is 0. The molecule has 0 aromatic heterocycles. The van der Waals surface area contributed by atoms with Crippen LogP contribution in [0.25, 0.3) is 0 Å². The van der Waals surface area contributed by atoms with E-state index in [0.717, 1.165) is 0 Å². The van der Waals surface area contributed by atoms with Gasteiger partial charge in [0.15, 0.2) is 34.7 Å². The molecule has 0 aliphatic heterocycles. The molecule has 0 radical (unpaired) electrons. The first-order chi connectivity index (χ1) is 16.7. The number of nitrogens with two attached hydrogens (primary N) is 1. The van der Waals surface area contributed by atoms with Crippen LogP contribution in [-0.4, -0.2) is 88.9 Å². The molecule has 36 heavy (non-hydrogen) atoms. The van der Waals surface area contributed by atoms with Crippen molar-refractivity contribution in [3.63, 3.8) is 0 Å². The maximum atomic E-state index is 15.7. The van der Waals surface area contributed by atoms with Crippen LogP contribution < -0.4 is 5.73 Å². The fraction of sp³-hybridized carbons (Fsp3) is 0.560. The number of rotatable bonds is 4. The van der Waals surface area contributed by atoms with E-state index in [9.17, 15) is 34.2 Å². The van der Waals surface area contributed by atoms with E-state index in [-0.39, 0.29) is 41.6 Å². The number of aromatic hydroxyl groups is 1. The number of Topliss-reactive ketones (excluding diaryl/α,β-unsaturated/α-hetero) is 4. The number of fused-ring (bicyclic) bond motifs is 3. The molecule has 4 rings (SSSR count). The first kappa shape index (κ1) is 26.1. The van der Waals surface area contributed by atoms with Crippen LogP contribution in [0.4, 0.5) is 4.39 Å². The summed E-state index contributed by atoms with van der Waals surface area (Å²) in [5.74, 6) is -12.2. The van der Waals surface area contributed by atoms with Crippen molar-refractivity contribution in [3.8, 4) is 5.75 Å². The average molecular weight is 504 g/mol. The second kappa shape index (κ2) is 8.53. The summed E-state index contributed by atoms with van der Waals surface area (Å²) in [7, 11) is 6.47. The van der Waals surface area contributed by atoms with Crippen LogP contribution in [0.15, 0.2) is 0 Å². The van der Waals surface area contributed by atoms with Crippen molar-refractivity contribution in [1.29, 1.82) is 0 Å². The number of hydrogen-bond acceptors (Lipinski definition) is 9. The number of amides is 1. The van der Waals surface area contributed by atoms with Gasteiger partial charge in [-0.1, -0.05) is 0 Å². The molecule has 2 saturated carbocycles. The summed E-state index contributed by atoms with van der Waals surface area (Å²) < 4.78 is 15.7. The predicted octanol–water partition coefficient (Wildman–Crippen LogP) is -0.624. The Morgan fingerprint density at radius 2 is 1.75 bits per heavy atom. The van der Waals surface area contributed by atoms with Gasteiger partial charge in [-0.05, 0) is 59.4 Å². The van der Waals surface area contributed by atoms with Gasteiger partial charge < -0.3 is 20.8 Å². The van der Waals surface area contributed by atoms with E-state index < -0.39 is 75.9 Å². The fourth-order valence-corrected chi connectivity index (χ4v) is 6.37. The zero-order valence-corrected chi connectivity index (χ0v) is 20.8. The molecule has 1 aromatic rings. The third-order valence-corrected chi connectivity index (χ3v) is 8.00. The van der Waals surface area contributed by atoms with Gasteiger partial charge in [-0.3, -0.25) is 28.9 Å². The van der Waals surface area contributed by atoms with Gasteiger partial charge in [0.05, 0.1) is 17.5 Å². The minimum Gasteiger partial charge on any atom is -0.507 e. The lowest BCUT2D eigenvalue weighted by Crippen LogP contribution is -2.74. The Morgan fingerprint density at radius 3 is 2.28 bits per heavy atom. The van der Waals surface area contributed by atoms with Crippen LogP contribution in [0.3, 0.4) is 0 Å². The lowest BCUT2D eigenvalue weighted by atomic mass is 9.52. The van der Waals surface area contributed by atoms with Crippen LogP contribution >= 0.6 is 0 Å². The molecular weight excluding hydrogens is 473 g/mol. The molecular formula is C25H30FN3O7. The number of likely N-dealkylation sites (N-methyl/N-ethyl adjacent to an activating group) is 1. The van der Waals surface area contributed by atoms with E-state index in [1.54, 1.807) is 19.0 Å². The SMILES string of the molecule is Cc1c(O)c2c(c(F)c1CN(C)C)C[C@H]1C[C@H]3[C@H](N(C)C)C(=O)C(C(N)=O)C(=O)[C@@]3(O)C(=O)C1C2=O. The zero-order valence-electron chi connectivity index (χ0n) is 20.8. The molecule has 0 saturated heterocycles. The van der Waals surface area contributed by atoms with Crippen molar-refractivity contribution in [3.05, 3.63) is 28.1 Å². The lowest BCUT2D eigenvalue weighted by molar-refractivity contribution is -0.181. The molecule has 11 heteroatoms. The monoisotopic (exact) mass is 503 g/mol. The van der Waals surface area contributed by atoms with Crippen LogP contribution in [0.2, 0.25) is 0 Å². The molecule has 0 spiro atoms. The van der Waals surface area contributed by atoms with E-state index in [4.69, 9.17) is 5.73 Å². The quantitative estimate of drug-likeness (QED) is 0.455. The highest BCUT2D eigenvalue weighted by atomic mass is 19.1. The number of benzene rings is 1. The standard InChI is InChI=1S/C25H30FN3O7/c1-9-12(8-28(2)3)17(26)11-6-10-7-13-18(29(4)5)21(32)16(24(27)35)23(34)25(13,36)22(33)14(10)20(31)15(11)19(9)30/h10,13-14,16,18,30,36H,6-8H2,1-5H3,(H2,27,35)/t10-,13-,14?,16?,18-,25-/m0/s1. The molecule has 0 heterocycles. The largest absolute Gasteiger partial charge is 0.507 e. The second-order valence-electron chi connectivity index (χ2n) is 10.6. The van der Waals surface area contributed by atoms with Gasteiger partial charge in [-0.2, -0.15) is 0 Å². The summed E-state index contributed by atoms with van der Waals surface area (Å²) in [6.07, 6.45) is -0.229. The molecule has 10 nitrogen and oxygen atoms in total. The smallest absolute Gasteiger partial charge is 0.235 e. The zero-order chi connectivity index (χ0) is 27.0. The number of hydrogen-bond donors (Lipinski definition) is 3. The number of carbonyl (C=O) groups excluding carboxylic acids is 5. The Hall–Kier alpha value is -3.02. The number of carbonyl (C=O) groups is 5. The summed E-state index contributed by atoms with van der Waals surface area (Å²) in [6.45, 7) is 1.64. The van der Waals surface area contributed by atoms with Crippen LogP contribution in [0.1, 0.15) is 33.5 Å². The van der Waals surface area contributed by atoms with Crippen LogP contribution in [0, 0.1) is 36.4 Å². The van der Waals surface area contributed by atoms with E-state index in [1.165, 1.54) is 25.9 Å². The van der Waals surface area contributed by atoms with E-state index in [1.807, 2.05) is 0 Å². The van der Waals surface area contributed by atoms with Gasteiger partial charge in [0, 0.05) is 23.6 Å². The second-order valence-corrected chi connectivity index (χ2v) is 10.6. The molecule has 194 valence electrons. The molecule has 2 unspecified atom stereocenters.